The van der Waals surface area contributed by atoms with Crippen LogP contribution < -0.4 is 14.8 Å². The van der Waals surface area contributed by atoms with Crippen molar-refractivity contribution in [2.24, 2.45) is 0 Å². The van der Waals surface area contributed by atoms with Gasteiger partial charge in [-0.3, -0.25) is 4.79 Å². The Balaban J connectivity index is 1.41. The molecule has 1 aromatic heterocycles. The molecule has 0 spiro atoms. The van der Waals surface area contributed by atoms with Crippen molar-refractivity contribution in [2.45, 2.75) is 39.0 Å². The lowest BCUT2D eigenvalue weighted by atomic mass is 10.1. The molecule has 1 saturated heterocycles. The standard InChI is InChI=1S/C21H26N2O4S/c1-15-6-8-28-20(15)13-23(21(24)11-22-10-17-3-2-7-25-17)12-16-4-5-18-19(9-16)27-14-26-18/h4-6,8-9,17,22H,2-3,7,10-14H2,1H3/p+1/t17-/m1/s1. The molecule has 0 saturated carbocycles. The number of thiophene rings is 1. The van der Waals surface area contributed by atoms with Crippen LogP contribution in [0, 0.1) is 6.92 Å². The lowest BCUT2D eigenvalue weighted by Gasteiger charge is -2.22. The Morgan fingerprint density at radius 1 is 1.25 bits per heavy atom. The van der Waals surface area contributed by atoms with Crippen molar-refractivity contribution in [1.29, 1.82) is 0 Å². The zero-order valence-corrected chi connectivity index (χ0v) is 17.0. The number of rotatable bonds is 8. The second-order valence-corrected chi connectivity index (χ2v) is 8.33. The van der Waals surface area contributed by atoms with Gasteiger partial charge in [-0.05, 0) is 54.5 Å². The van der Waals surface area contributed by atoms with Gasteiger partial charge < -0.3 is 24.4 Å². The SMILES string of the molecule is Cc1ccsc1CN(Cc1ccc2c(c1)OCO2)C(=O)C[NH2+]C[C@H]1CCCO1. The number of fused-ring (bicyclic) bond motifs is 1. The molecule has 1 atom stereocenters. The van der Waals surface area contributed by atoms with Gasteiger partial charge >= 0.3 is 0 Å². The number of benzene rings is 1. The first-order valence-electron chi connectivity index (χ1n) is 9.81. The molecule has 0 bridgehead atoms. The summed E-state index contributed by atoms with van der Waals surface area (Å²) in [5.41, 5.74) is 2.28. The smallest absolute Gasteiger partial charge is 0.278 e. The van der Waals surface area contributed by atoms with E-state index in [0.717, 1.165) is 43.1 Å². The molecule has 0 unspecified atom stereocenters. The minimum Gasteiger partial charge on any atom is -0.454 e. The third-order valence-corrected chi connectivity index (χ3v) is 6.25. The molecule has 1 fully saturated rings. The summed E-state index contributed by atoms with van der Waals surface area (Å²) in [6.07, 6.45) is 2.51. The van der Waals surface area contributed by atoms with Gasteiger partial charge in [0.1, 0.15) is 12.6 Å². The van der Waals surface area contributed by atoms with Gasteiger partial charge in [0.25, 0.3) is 5.91 Å². The molecule has 4 rings (SSSR count). The highest BCUT2D eigenvalue weighted by atomic mass is 32.1. The number of nitrogens with two attached hydrogens (primary N) is 1. The summed E-state index contributed by atoms with van der Waals surface area (Å²) in [6, 6.07) is 8.00. The molecule has 0 aliphatic carbocycles. The highest BCUT2D eigenvalue weighted by Crippen LogP contribution is 2.33. The third-order valence-electron chi connectivity index (χ3n) is 5.24. The monoisotopic (exact) mass is 403 g/mol. The molecule has 6 nitrogen and oxygen atoms in total. The Kier molecular flexibility index (Phi) is 6.14. The second kappa shape index (κ2) is 8.94. The summed E-state index contributed by atoms with van der Waals surface area (Å²) in [6.45, 7) is 5.68. The number of hydrogen-bond donors (Lipinski definition) is 1. The summed E-state index contributed by atoms with van der Waals surface area (Å²) in [7, 11) is 0. The highest BCUT2D eigenvalue weighted by Gasteiger charge is 2.22. The van der Waals surface area contributed by atoms with Crippen molar-refractivity contribution in [3.63, 3.8) is 0 Å². The van der Waals surface area contributed by atoms with Crippen LogP contribution in [0.3, 0.4) is 0 Å². The van der Waals surface area contributed by atoms with Crippen molar-refractivity contribution in [1.82, 2.24) is 4.90 Å². The summed E-state index contributed by atoms with van der Waals surface area (Å²) in [4.78, 5) is 16.2. The molecule has 1 aromatic carbocycles. The highest BCUT2D eigenvalue weighted by molar-refractivity contribution is 7.10. The van der Waals surface area contributed by atoms with Crippen LogP contribution in [-0.4, -0.2) is 43.4 Å². The normalized spacial score (nSPS) is 17.8. The minimum absolute atomic E-state index is 0.142. The molecule has 2 aliphatic heterocycles. The molecule has 2 N–H and O–H groups in total. The van der Waals surface area contributed by atoms with Gasteiger partial charge in [-0.15, -0.1) is 11.3 Å². The van der Waals surface area contributed by atoms with E-state index < -0.39 is 0 Å². The summed E-state index contributed by atoms with van der Waals surface area (Å²) in [5.74, 6) is 1.66. The molecule has 2 aliphatic rings. The molecule has 3 heterocycles. The fraction of sp³-hybridized carbons (Fsp3) is 0.476. The number of hydrogen-bond acceptors (Lipinski definition) is 5. The molecular weight excluding hydrogens is 376 g/mol. The zero-order valence-electron chi connectivity index (χ0n) is 16.2. The van der Waals surface area contributed by atoms with Gasteiger partial charge in [0, 0.05) is 18.0 Å². The number of carbonyl (C=O) groups is 1. The van der Waals surface area contributed by atoms with E-state index in [1.807, 2.05) is 23.1 Å². The van der Waals surface area contributed by atoms with Crippen LogP contribution in [0.4, 0.5) is 0 Å². The first-order chi connectivity index (χ1) is 13.7. The van der Waals surface area contributed by atoms with Gasteiger partial charge in [0.2, 0.25) is 6.79 Å². The van der Waals surface area contributed by atoms with E-state index >= 15 is 0 Å². The van der Waals surface area contributed by atoms with Gasteiger partial charge in [0.15, 0.2) is 18.0 Å². The Hall–Kier alpha value is -2.09. The van der Waals surface area contributed by atoms with Crippen molar-refractivity contribution in [3.8, 4) is 11.5 Å². The van der Waals surface area contributed by atoms with Crippen LogP contribution in [0.1, 0.15) is 28.8 Å². The second-order valence-electron chi connectivity index (χ2n) is 7.33. The van der Waals surface area contributed by atoms with E-state index in [1.165, 1.54) is 10.4 Å². The summed E-state index contributed by atoms with van der Waals surface area (Å²) in [5, 5.41) is 4.16. The van der Waals surface area contributed by atoms with Gasteiger partial charge in [-0.1, -0.05) is 6.07 Å². The van der Waals surface area contributed by atoms with Crippen LogP contribution in [-0.2, 0) is 22.6 Å². The predicted octanol–water partition coefficient (Wildman–Crippen LogP) is 2.06. The van der Waals surface area contributed by atoms with Gasteiger partial charge in [-0.25, -0.2) is 0 Å². The van der Waals surface area contributed by atoms with E-state index in [1.54, 1.807) is 11.3 Å². The molecule has 1 amide bonds. The van der Waals surface area contributed by atoms with Crippen molar-refractivity contribution < 1.29 is 24.3 Å². The molecule has 0 radical (unpaired) electrons. The number of ether oxygens (including phenoxy) is 3. The molecule has 150 valence electrons. The number of quaternary nitrogens is 1. The van der Waals surface area contributed by atoms with Crippen LogP contribution in [0.5, 0.6) is 11.5 Å². The largest absolute Gasteiger partial charge is 0.454 e. The number of amides is 1. The van der Waals surface area contributed by atoms with Gasteiger partial charge in [0.05, 0.1) is 6.54 Å². The van der Waals surface area contributed by atoms with Crippen LogP contribution in [0.2, 0.25) is 0 Å². The Bertz CT molecular complexity index is 816. The number of aryl methyl sites for hydroxylation is 1. The first-order valence-corrected chi connectivity index (χ1v) is 10.7. The fourth-order valence-electron chi connectivity index (χ4n) is 3.58. The van der Waals surface area contributed by atoms with Crippen LogP contribution in [0.25, 0.3) is 0 Å². The third kappa shape index (κ3) is 4.66. The molecule has 2 aromatic rings. The lowest BCUT2D eigenvalue weighted by Crippen LogP contribution is -2.88. The number of carbonyl (C=O) groups excluding carboxylic acids is 1. The van der Waals surface area contributed by atoms with Crippen LogP contribution in [0.15, 0.2) is 29.6 Å². The Morgan fingerprint density at radius 3 is 2.93 bits per heavy atom. The van der Waals surface area contributed by atoms with E-state index in [9.17, 15) is 4.79 Å². The fourth-order valence-corrected chi connectivity index (χ4v) is 4.50. The summed E-state index contributed by atoms with van der Waals surface area (Å²) >= 11 is 1.70. The average Bonchev–Trinajstić information content (AvgIpc) is 3.43. The van der Waals surface area contributed by atoms with E-state index in [2.05, 4.69) is 23.7 Å². The quantitative estimate of drug-likeness (QED) is 0.733. The molecule has 7 heteroatoms. The van der Waals surface area contributed by atoms with Crippen molar-refractivity contribution in [2.75, 3.05) is 26.5 Å². The maximum atomic E-state index is 13.0. The minimum atomic E-state index is 0.142. The number of nitrogens with zero attached hydrogens (tertiary/aromatic N) is 1. The summed E-state index contributed by atoms with van der Waals surface area (Å²) < 4.78 is 16.5. The van der Waals surface area contributed by atoms with Crippen molar-refractivity contribution in [3.05, 3.63) is 45.6 Å². The maximum absolute atomic E-state index is 13.0. The zero-order chi connectivity index (χ0) is 19.3. The molecule has 28 heavy (non-hydrogen) atoms. The first kappa shape index (κ1) is 19.2. The van der Waals surface area contributed by atoms with Gasteiger partial charge in [-0.2, -0.15) is 0 Å². The Morgan fingerprint density at radius 2 is 2.14 bits per heavy atom. The van der Waals surface area contributed by atoms with Crippen LogP contribution >= 0.6 is 11.3 Å². The van der Waals surface area contributed by atoms with E-state index in [-0.39, 0.29) is 18.8 Å². The van der Waals surface area contributed by atoms with E-state index in [0.29, 0.717) is 19.6 Å². The molecular formula is C21H27N2O4S+. The predicted molar refractivity (Wildman–Crippen MR) is 107 cm³/mol. The van der Waals surface area contributed by atoms with Crippen molar-refractivity contribution >= 4 is 17.2 Å². The average molecular weight is 404 g/mol. The Labute approximate surface area is 169 Å². The maximum Gasteiger partial charge on any atom is 0.278 e. The van der Waals surface area contributed by atoms with E-state index in [4.69, 9.17) is 14.2 Å². The lowest BCUT2D eigenvalue weighted by molar-refractivity contribution is -0.650. The topological polar surface area (TPSA) is 64.6 Å².